The van der Waals surface area contributed by atoms with Crippen LogP contribution < -0.4 is 15.2 Å². The van der Waals surface area contributed by atoms with Crippen LogP contribution in [0.3, 0.4) is 0 Å². The molecule has 0 saturated heterocycles. The highest BCUT2D eigenvalue weighted by atomic mass is 19.3. The number of aryl methyl sites for hydroxylation is 1. The van der Waals surface area contributed by atoms with E-state index in [4.69, 9.17) is 10.5 Å². The molecule has 0 bridgehead atoms. The molecule has 1 aliphatic rings. The number of amides is 1. The highest BCUT2D eigenvalue weighted by Crippen LogP contribution is 2.42. The number of likely N-dealkylation sites (N-methyl/N-ethyl adjacent to an activating group) is 1. The molecule has 1 amide bonds. The summed E-state index contributed by atoms with van der Waals surface area (Å²) in [7, 11) is 1.47. The Morgan fingerprint density at radius 1 is 1.17 bits per heavy atom. The number of hydrogen-bond donors (Lipinski definition) is 1. The average molecular weight is 407 g/mol. The van der Waals surface area contributed by atoms with Crippen LogP contribution in [0.4, 0.5) is 13.2 Å². The number of nitrogens with two attached hydrogens (primary N) is 1. The number of carbonyl (C=O) groups excluding carboxylic acids is 1. The largest absolute Gasteiger partial charge is 0.491 e. The minimum Gasteiger partial charge on any atom is -0.491 e. The lowest BCUT2D eigenvalue weighted by Crippen LogP contribution is -2.41. The Bertz CT molecular complexity index is 981. The van der Waals surface area contributed by atoms with Gasteiger partial charge in [0.15, 0.2) is 23.1 Å². The summed E-state index contributed by atoms with van der Waals surface area (Å²) in [6.07, 6.45) is 0. The van der Waals surface area contributed by atoms with E-state index in [9.17, 15) is 18.0 Å². The van der Waals surface area contributed by atoms with Crippen molar-refractivity contribution in [1.29, 1.82) is 0 Å². The summed E-state index contributed by atoms with van der Waals surface area (Å²) < 4.78 is 49.1. The first-order valence-electron chi connectivity index (χ1n) is 8.83. The first kappa shape index (κ1) is 20.5. The molecule has 0 aliphatic carbocycles. The van der Waals surface area contributed by atoms with Gasteiger partial charge in [-0.1, -0.05) is 12.1 Å². The van der Waals surface area contributed by atoms with E-state index in [-0.39, 0.29) is 24.1 Å². The number of nitrogens with zero attached hydrogens (tertiary/aromatic N) is 2. The molecule has 6 nitrogen and oxygen atoms in total. The minimum atomic E-state index is -2.98. The Hall–Kier alpha value is -3.23. The summed E-state index contributed by atoms with van der Waals surface area (Å²) in [4.78, 5) is 18.8. The van der Waals surface area contributed by atoms with E-state index in [1.54, 1.807) is 13.8 Å². The molecule has 0 radical (unpaired) electrons. The summed E-state index contributed by atoms with van der Waals surface area (Å²) in [5.74, 6) is -1.13. The highest BCUT2D eigenvalue weighted by molar-refractivity contribution is 6.09. The monoisotopic (exact) mass is 407 g/mol. The van der Waals surface area contributed by atoms with Crippen molar-refractivity contribution in [3.63, 3.8) is 0 Å². The molecule has 154 valence electrons. The summed E-state index contributed by atoms with van der Waals surface area (Å²) in [6.45, 7) is 0.525. The van der Waals surface area contributed by atoms with Crippen LogP contribution in [0.25, 0.3) is 0 Å². The molecular weight excluding hydrogens is 387 g/mol. The second-order valence-corrected chi connectivity index (χ2v) is 6.48. The van der Waals surface area contributed by atoms with E-state index in [1.807, 2.05) is 0 Å². The lowest BCUT2D eigenvalue weighted by molar-refractivity contribution is -0.129. The molecule has 1 aliphatic heterocycles. The van der Waals surface area contributed by atoms with Crippen LogP contribution >= 0.6 is 0 Å². The predicted octanol–water partition coefficient (Wildman–Crippen LogP) is 3.16. The van der Waals surface area contributed by atoms with Gasteiger partial charge in [-0.2, -0.15) is 8.78 Å². The van der Waals surface area contributed by atoms with E-state index in [0.29, 0.717) is 16.7 Å². The maximum absolute atomic E-state index is 14.1. The molecule has 1 unspecified atom stereocenters. The van der Waals surface area contributed by atoms with Crippen molar-refractivity contribution in [3.05, 3.63) is 58.9 Å². The van der Waals surface area contributed by atoms with E-state index >= 15 is 0 Å². The van der Waals surface area contributed by atoms with Gasteiger partial charge in [0.2, 0.25) is 0 Å². The molecule has 2 N–H and O–H groups in total. The van der Waals surface area contributed by atoms with E-state index in [1.165, 1.54) is 48.3 Å². The summed E-state index contributed by atoms with van der Waals surface area (Å²) in [5.41, 5.74) is 5.39. The number of alkyl halides is 2. The van der Waals surface area contributed by atoms with Crippen LogP contribution in [0.1, 0.15) is 23.6 Å². The van der Waals surface area contributed by atoms with Crippen LogP contribution in [-0.2, 0) is 10.3 Å². The maximum atomic E-state index is 14.1. The quantitative estimate of drug-likeness (QED) is 0.798. The van der Waals surface area contributed by atoms with Gasteiger partial charge >= 0.3 is 6.61 Å². The molecule has 1 heterocycles. The Labute approximate surface area is 165 Å². The SMILES string of the molecule is CCOc1cc(C2(c3ccc(OC(F)F)c(C)c3)N=C(N)N(C)C2=O)ccc1F. The Balaban J connectivity index is 2.21. The fraction of sp³-hybridized carbons (Fsp3) is 0.300. The zero-order valence-corrected chi connectivity index (χ0v) is 16.1. The Morgan fingerprint density at radius 3 is 2.38 bits per heavy atom. The average Bonchev–Trinajstić information content (AvgIpc) is 2.90. The van der Waals surface area contributed by atoms with E-state index < -0.39 is 23.9 Å². The number of halogens is 3. The van der Waals surface area contributed by atoms with Crippen LogP contribution in [0.15, 0.2) is 41.4 Å². The number of benzene rings is 2. The number of carbonyl (C=O) groups is 1. The van der Waals surface area contributed by atoms with Crippen molar-refractivity contribution >= 4 is 11.9 Å². The second-order valence-electron chi connectivity index (χ2n) is 6.48. The number of hydrogen-bond acceptors (Lipinski definition) is 5. The van der Waals surface area contributed by atoms with Gasteiger partial charge < -0.3 is 15.2 Å². The van der Waals surface area contributed by atoms with Gasteiger partial charge in [-0.25, -0.2) is 9.38 Å². The fourth-order valence-corrected chi connectivity index (χ4v) is 3.28. The summed E-state index contributed by atoms with van der Waals surface area (Å²) in [6, 6.07) is 8.32. The van der Waals surface area contributed by atoms with Crippen LogP contribution in [0.5, 0.6) is 11.5 Å². The number of rotatable bonds is 6. The zero-order valence-electron chi connectivity index (χ0n) is 16.1. The topological polar surface area (TPSA) is 77.2 Å². The van der Waals surface area contributed by atoms with Gasteiger partial charge in [-0.3, -0.25) is 9.69 Å². The Morgan fingerprint density at radius 2 is 1.83 bits per heavy atom. The van der Waals surface area contributed by atoms with Crippen LogP contribution in [-0.4, -0.2) is 37.0 Å². The normalized spacial score (nSPS) is 18.9. The van der Waals surface area contributed by atoms with Crippen molar-refractivity contribution in [2.75, 3.05) is 13.7 Å². The van der Waals surface area contributed by atoms with Gasteiger partial charge in [-0.05, 0) is 54.8 Å². The Kier molecular flexibility index (Phi) is 5.41. The third-order valence-corrected chi connectivity index (χ3v) is 4.70. The van der Waals surface area contributed by atoms with Gasteiger partial charge in [-0.15, -0.1) is 0 Å². The number of aliphatic imine (C=N–C) groups is 1. The van der Waals surface area contributed by atoms with Crippen molar-refractivity contribution < 1.29 is 27.4 Å². The van der Waals surface area contributed by atoms with Gasteiger partial charge in [0.05, 0.1) is 6.61 Å². The zero-order chi connectivity index (χ0) is 21.3. The molecule has 3 rings (SSSR count). The lowest BCUT2D eigenvalue weighted by Gasteiger charge is -2.27. The molecule has 1 atom stereocenters. The van der Waals surface area contributed by atoms with Crippen molar-refractivity contribution in [2.24, 2.45) is 10.7 Å². The van der Waals surface area contributed by atoms with E-state index in [0.717, 1.165) is 0 Å². The third kappa shape index (κ3) is 3.48. The predicted molar refractivity (Wildman–Crippen MR) is 101 cm³/mol. The highest BCUT2D eigenvalue weighted by Gasteiger charge is 2.50. The van der Waals surface area contributed by atoms with Gasteiger partial charge in [0.1, 0.15) is 5.75 Å². The van der Waals surface area contributed by atoms with E-state index in [2.05, 4.69) is 9.73 Å². The minimum absolute atomic E-state index is 0.0243. The number of ether oxygens (including phenoxy) is 2. The molecule has 0 fully saturated rings. The molecule has 9 heteroatoms. The standard InChI is InChI=1S/C20H20F3N3O3/c1-4-28-16-10-13(5-7-14(16)21)20(17(27)26(3)19(24)25-20)12-6-8-15(11(2)9-12)29-18(22)23/h5-10,18H,4H2,1-3H3,(H2,24,25). The van der Waals surface area contributed by atoms with Gasteiger partial charge in [0.25, 0.3) is 5.91 Å². The molecule has 0 spiro atoms. The van der Waals surface area contributed by atoms with Crippen LogP contribution in [0, 0.1) is 12.7 Å². The first-order valence-corrected chi connectivity index (χ1v) is 8.83. The molecular formula is C20H20F3N3O3. The van der Waals surface area contributed by atoms with Crippen LogP contribution in [0.2, 0.25) is 0 Å². The van der Waals surface area contributed by atoms with Gasteiger partial charge in [0, 0.05) is 7.05 Å². The van der Waals surface area contributed by atoms with Crippen molar-refractivity contribution in [3.8, 4) is 11.5 Å². The summed E-state index contributed by atoms with van der Waals surface area (Å²) in [5, 5.41) is 0. The molecule has 2 aromatic carbocycles. The molecule has 0 saturated carbocycles. The second kappa shape index (κ2) is 7.65. The first-order chi connectivity index (χ1) is 13.7. The molecule has 2 aromatic rings. The number of guanidine groups is 1. The maximum Gasteiger partial charge on any atom is 0.387 e. The van der Waals surface area contributed by atoms with Crippen molar-refractivity contribution in [1.82, 2.24) is 4.90 Å². The summed E-state index contributed by atoms with van der Waals surface area (Å²) >= 11 is 0. The molecule has 29 heavy (non-hydrogen) atoms. The third-order valence-electron chi connectivity index (χ3n) is 4.70. The fourth-order valence-electron chi connectivity index (χ4n) is 3.28. The molecule has 0 aromatic heterocycles. The lowest BCUT2D eigenvalue weighted by atomic mass is 9.82. The smallest absolute Gasteiger partial charge is 0.387 e. The van der Waals surface area contributed by atoms with Crippen molar-refractivity contribution in [2.45, 2.75) is 26.0 Å².